The lowest BCUT2D eigenvalue weighted by molar-refractivity contribution is -0.126. The number of pyridine rings is 1. The first kappa shape index (κ1) is 41.2. The van der Waals surface area contributed by atoms with Crippen LogP contribution in [0.2, 0.25) is 0 Å². The van der Waals surface area contributed by atoms with E-state index in [2.05, 4.69) is 42.7 Å². The zero-order valence-electron chi connectivity index (χ0n) is 34.5. The van der Waals surface area contributed by atoms with Gasteiger partial charge in [-0.05, 0) is 85.0 Å². The summed E-state index contributed by atoms with van der Waals surface area (Å²) >= 11 is 0. The molecule has 14 heteroatoms. The number of rotatable bonds is 14. The molecule has 0 saturated carbocycles. The van der Waals surface area contributed by atoms with Crippen molar-refractivity contribution in [3.8, 4) is 28.3 Å². The van der Waals surface area contributed by atoms with Gasteiger partial charge in [0.25, 0.3) is 5.56 Å². The van der Waals surface area contributed by atoms with Crippen molar-refractivity contribution in [2.24, 2.45) is 7.05 Å². The molecule has 1 aliphatic carbocycles. The molecular formula is C47H49FN8O5. The van der Waals surface area contributed by atoms with Gasteiger partial charge in [-0.1, -0.05) is 60.2 Å². The lowest BCUT2D eigenvalue weighted by Gasteiger charge is -2.36. The molecule has 2 amide bonds. The van der Waals surface area contributed by atoms with Gasteiger partial charge in [0.05, 0.1) is 30.7 Å². The molecule has 4 heterocycles. The highest BCUT2D eigenvalue weighted by molar-refractivity contribution is 5.89. The van der Waals surface area contributed by atoms with Gasteiger partial charge in [-0.2, -0.15) is 5.10 Å². The number of fused-ring (bicyclic) bond motifs is 4. The third-order valence-corrected chi connectivity index (χ3v) is 11.7. The maximum absolute atomic E-state index is 14.4. The Morgan fingerprint density at radius 3 is 2.44 bits per heavy atom. The number of piperidine rings is 1. The third-order valence-electron chi connectivity index (χ3n) is 11.7. The molecule has 1 saturated heterocycles. The van der Waals surface area contributed by atoms with Crippen LogP contribution in [0.5, 0.6) is 5.88 Å². The van der Waals surface area contributed by atoms with E-state index in [1.54, 1.807) is 24.0 Å². The summed E-state index contributed by atoms with van der Waals surface area (Å²) in [6.45, 7) is 4.40. The maximum Gasteiger partial charge on any atom is 0.281 e. The second-order valence-corrected chi connectivity index (χ2v) is 16.1. The highest BCUT2D eigenvalue weighted by Crippen LogP contribution is 2.48. The Kier molecular flexibility index (Phi) is 11.9. The normalized spacial score (nSPS) is 16.0. The molecule has 8 rings (SSSR count). The van der Waals surface area contributed by atoms with Crippen molar-refractivity contribution in [3.63, 3.8) is 0 Å². The first-order valence-corrected chi connectivity index (χ1v) is 20.6. The summed E-state index contributed by atoms with van der Waals surface area (Å²) in [6.07, 6.45) is 6.35. The van der Waals surface area contributed by atoms with Gasteiger partial charge >= 0.3 is 0 Å². The number of benzene rings is 3. The average Bonchev–Trinajstić information content (AvgIpc) is 3.77. The van der Waals surface area contributed by atoms with Crippen LogP contribution in [0.3, 0.4) is 0 Å². The summed E-state index contributed by atoms with van der Waals surface area (Å²) in [5.41, 5.74) is 7.78. The first-order chi connectivity index (χ1) is 29.5. The third kappa shape index (κ3) is 9.01. The van der Waals surface area contributed by atoms with Crippen LogP contribution in [-0.4, -0.2) is 85.0 Å². The molecule has 3 aromatic carbocycles. The zero-order valence-corrected chi connectivity index (χ0v) is 34.5. The number of carbonyl (C=O) groups excluding carboxylic acids is 2. The second-order valence-electron chi connectivity index (χ2n) is 16.1. The number of aromatic nitrogens is 5. The predicted molar refractivity (Wildman–Crippen MR) is 231 cm³/mol. The van der Waals surface area contributed by atoms with E-state index in [0.717, 1.165) is 57.6 Å². The van der Waals surface area contributed by atoms with Crippen LogP contribution >= 0.6 is 0 Å². The number of halogens is 1. The molecule has 0 radical (unpaired) electrons. The second kappa shape index (κ2) is 17.6. The Morgan fingerprint density at radius 2 is 1.66 bits per heavy atom. The maximum atomic E-state index is 14.4. The summed E-state index contributed by atoms with van der Waals surface area (Å²) in [4.78, 5) is 49.8. The fraction of sp³-hybridized carbons (Fsp3) is 0.319. The molecule has 61 heavy (non-hydrogen) atoms. The molecule has 1 aliphatic heterocycles. The van der Waals surface area contributed by atoms with Crippen molar-refractivity contribution in [1.29, 1.82) is 0 Å². The lowest BCUT2D eigenvalue weighted by atomic mass is 9.89. The fourth-order valence-electron chi connectivity index (χ4n) is 8.40. The van der Waals surface area contributed by atoms with E-state index in [1.165, 1.54) is 17.0 Å². The van der Waals surface area contributed by atoms with Gasteiger partial charge in [0.15, 0.2) is 5.52 Å². The van der Waals surface area contributed by atoms with E-state index in [9.17, 15) is 23.9 Å². The van der Waals surface area contributed by atoms with Crippen molar-refractivity contribution < 1.29 is 23.8 Å². The Morgan fingerprint density at radius 1 is 0.918 bits per heavy atom. The quantitative estimate of drug-likeness (QED) is 0.119. The average molecular weight is 825 g/mol. The number of aliphatic hydroxyl groups is 1. The minimum Gasteiger partial charge on any atom is -0.475 e. The molecule has 3 aromatic heterocycles. The van der Waals surface area contributed by atoms with Crippen LogP contribution in [-0.2, 0) is 29.7 Å². The molecular weight excluding hydrogens is 776 g/mol. The Hall–Kier alpha value is -6.51. The van der Waals surface area contributed by atoms with Crippen molar-refractivity contribution in [2.75, 3.05) is 33.3 Å². The predicted octanol–water partition coefficient (Wildman–Crippen LogP) is 5.60. The smallest absolute Gasteiger partial charge is 0.281 e. The van der Waals surface area contributed by atoms with Gasteiger partial charge in [0.2, 0.25) is 17.7 Å². The molecule has 2 aliphatic rings. The SMILES string of the molecule is CC(=Cc1cccnc1OCCNC(=O)CCC(=O)NCc1ccc(-c2c3ncn(CC4(O)CCN(C)CC4)c(=O)c3nn2C)cc1)C1c2ccccc2-c2ccc(F)cc21. The first-order valence-electron chi connectivity index (χ1n) is 20.6. The molecule has 13 nitrogen and oxygen atoms in total. The number of aryl methyl sites for hydroxylation is 1. The number of carbonyl (C=O) groups is 2. The summed E-state index contributed by atoms with van der Waals surface area (Å²) in [5.74, 6) is -0.486. The monoisotopic (exact) mass is 824 g/mol. The summed E-state index contributed by atoms with van der Waals surface area (Å²) in [6, 6.07) is 24.4. The summed E-state index contributed by atoms with van der Waals surface area (Å²) in [7, 11) is 3.78. The van der Waals surface area contributed by atoms with Crippen LogP contribution in [0.4, 0.5) is 4.39 Å². The molecule has 0 bridgehead atoms. The van der Waals surface area contributed by atoms with Crippen molar-refractivity contribution in [1.82, 2.24) is 39.8 Å². The van der Waals surface area contributed by atoms with Crippen LogP contribution in [0, 0.1) is 5.82 Å². The number of likely N-dealkylation sites (tertiary alicyclic amines) is 1. The van der Waals surface area contributed by atoms with Crippen LogP contribution in [0.15, 0.2) is 102 Å². The fourth-order valence-corrected chi connectivity index (χ4v) is 8.40. The number of hydrogen-bond donors (Lipinski definition) is 3. The van der Waals surface area contributed by atoms with Gasteiger partial charge < -0.3 is 25.4 Å². The molecule has 1 fully saturated rings. The van der Waals surface area contributed by atoms with Crippen LogP contribution in [0.25, 0.3) is 39.5 Å². The van der Waals surface area contributed by atoms with Gasteiger partial charge in [-0.25, -0.2) is 14.4 Å². The number of nitrogens with one attached hydrogen (secondary N) is 2. The zero-order chi connectivity index (χ0) is 42.7. The number of hydrogen-bond acceptors (Lipinski definition) is 9. The van der Waals surface area contributed by atoms with Crippen LogP contribution in [0.1, 0.15) is 60.8 Å². The Balaban J connectivity index is 0.795. The standard InChI is InChI=1S/C47H49FN8O5/c1-30(41-37-9-5-4-8-35(37)36-15-14-34(48)26-38(36)41)25-33-7-6-20-50-45(33)61-24-21-49-39(57)16-17-40(58)51-27-31-10-12-32(13-11-31)44-42-43(53-55(44)3)46(59)56(29-52-42)28-47(60)18-22-54(2)23-19-47/h4-15,20,25-26,29,41,60H,16-19,21-24,27-28H2,1-3H3,(H,49,57)(H,51,58). The molecule has 1 unspecified atom stereocenters. The molecule has 6 aromatic rings. The molecule has 1 atom stereocenters. The Bertz CT molecular complexity index is 2680. The summed E-state index contributed by atoms with van der Waals surface area (Å²) in [5, 5.41) is 21.3. The van der Waals surface area contributed by atoms with E-state index < -0.39 is 5.60 Å². The van der Waals surface area contributed by atoms with Gasteiger partial charge in [-0.15, -0.1) is 0 Å². The highest BCUT2D eigenvalue weighted by atomic mass is 19.1. The van der Waals surface area contributed by atoms with E-state index in [-0.39, 0.29) is 73.7 Å². The van der Waals surface area contributed by atoms with Crippen molar-refractivity contribution >= 4 is 28.9 Å². The van der Waals surface area contributed by atoms with Gasteiger partial charge in [-0.3, -0.25) is 23.6 Å². The number of ether oxygens (including phenoxy) is 1. The topological polar surface area (TPSA) is 156 Å². The molecule has 3 N–H and O–H groups in total. The number of amides is 2. The number of allylic oxidation sites excluding steroid dienone is 1. The lowest BCUT2D eigenvalue weighted by Crippen LogP contribution is -2.47. The Labute approximate surface area is 352 Å². The van der Waals surface area contributed by atoms with Crippen molar-refractivity contribution in [3.05, 3.63) is 135 Å². The minimum absolute atomic E-state index is 0.0192. The number of nitrogens with zero attached hydrogens (tertiary/aromatic N) is 6. The van der Waals surface area contributed by atoms with E-state index in [0.29, 0.717) is 29.9 Å². The minimum atomic E-state index is -0.966. The van der Waals surface area contributed by atoms with E-state index >= 15 is 0 Å². The van der Waals surface area contributed by atoms with Crippen LogP contribution < -0.4 is 20.9 Å². The molecule has 0 spiro atoms. The van der Waals surface area contributed by atoms with Gasteiger partial charge in [0, 0.05) is 62.8 Å². The highest BCUT2D eigenvalue weighted by Gasteiger charge is 2.33. The largest absolute Gasteiger partial charge is 0.475 e. The summed E-state index contributed by atoms with van der Waals surface area (Å²) < 4.78 is 23.4. The van der Waals surface area contributed by atoms with E-state index in [1.807, 2.05) is 74.6 Å². The molecule has 314 valence electrons. The van der Waals surface area contributed by atoms with Gasteiger partial charge in [0.1, 0.15) is 17.9 Å². The van der Waals surface area contributed by atoms with E-state index in [4.69, 9.17) is 4.74 Å². The van der Waals surface area contributed by atoms with Crippen molar-refractivity contribution in [2.45, 2.75) is 57.2 Å².